The van der Waals surface area contributed by atoms with Gasteiger partial charge in [-0.1, -0.05) is 29.8 Å². The summed E-state index contributed by atoms with van der Waals surface area (Å²) in [4.78, 5) is 4.41. The van der Waals surface area contributed by atoms with E-state index in [2.05, 4.69) is 10.3 Å². The van der Waals surface area contributed by atoms with Crippen molar-refractivity contribution in [3.63, 3.8) is 0 Å². The molecule has 0 bridgehead atoms. The molecular formula is C15H13ClN2O. The zero-order valence-electron chi connectivity index (χ0n) is 10.3. The maximum atomic E-state index is 5.92. The smallest absolute Gasteiger partial charge is 0.197 e. The van der Waals surface area contributed by atoms with Crippen LogP contribution in [0.1, 0.15) is 5.89 Å². The Bertz CT molecular complexity index is 679. The summed E-state index contributed by atoms with van der Waals surface area (Å²) in [5, 5.41) is 4.00. The van der Waals surface area contributed by atoms with Gasteiger partial charge in [0.2, 0.25) is 0 Å². The summed E-state index contributed by atoms with van der Waals surface area (Å²) < 4.78 is 5.65. The van der Waals surface area contributed by atoms with Gasteiger partial charge in [-0.3, -0.25) is 0 Å². The number of nitrogens with zero attached hydrogens (tertiary/aromatic N) is 1. The third-order valence-electron chi connectivity index (χ3n) is 2.84. The average molecular weight is 273 g/mol. The molecule has 0 saturated carbocycles. The first kappa shape index (κ1) is 12.1. The number of halogens is 1. The van der Waals surface area contributed by atoms with E-state index in [9.17, 15) is 0 Å². The number of rotatable bonds is 4. The normalized spacial score (nSPS) is 10.8. The molecule has 0 saturated heterocycles. The number of anilines is 1. The van der Waals surface area contributed by atoms with Gasteiger partial charge in [0.25, 0.3) is 0 Å². The quantitative estimate of drug-likeness (QED) is 0.776. The fourth-order valence-corrected chi connectivity index (χ4v) is 2.09. The number of benzene rings is 2. The molecule has 1 aromatic heterocycles. The number of hydrogen-bond donors (Lipinski definition) is 1. The van der Waals surface area contributed by atoms with Crippen LogP contribution in [-0.2, 0) is 6.42 Å². The van der Waals surface area contributed by atoms with Crippen LogP contribution in [0.3, 0.4) is 0 Å². The van der Waals surface area contributed by atoms with Gasteiger partial charge in [-0.2, -0.15) is 0 Å². The lowest BCUT2D eigenvalue weighted by Crippen LogP contribution is -2.04. The van der Waals surface area contributed by atoms with Gasteiger partial charge in [-0.25, -0.2) is 4.98 Å². The Balaban J connectivity index is 1.65. The number of hydrogen-bond acceptors (Lipinski definition) is 3. The molecule has 96 valence electrons. The van der Waals surface area contributed by atoms with E-state index in [1.165, 1.54) is 0 Å². The second-order valence-electron chi connectivity index (χ2n) is 4.26. The van der Waals surface area contributed by atoms with Gasteiger partial charge in [0.1, 0.15) is 5.52 Å². The Morgan fingerprint density at radius 2 is 1.95 bits per heavy atom. The summed E-state index contributed by atoms with van der Waals surface area (Å²) in [7, 11) is 0. The first-order valence-electron chi connectivity index (χ1n) is 6.15. The predicted molar refractivity (Wildman–Crippen MR) is 77.7 cm³/mol. The maximum absolute atomic E-state index is 5.92. The van der Waals surface area contributed by atoms with Crippen LogP contribution < -0.4 is 5.32 Å². The molecule has 0 atom stereocenters. The molecule has 3 aromatic rings. The standard InChI is InChI=1S/C15H13ClN2O/c16-11-6-7-14-13(10-11)18-15(19-14)8-9-17-12-4-2-1-3-5-12/h1-7,10,17H,8-9H2. The van der Waals surface area contributed by atoms with E-state index in [-0.39, 0.29) is 0 Å². The molecule has 4 heteroatoms. The topological polar surface area (TPSA) is 38.1 Å². The van der Waals surface area contributed by atoms with Crippen molar-refractivity contribution in [3.8, 4) is 0 Å². The second kappa shape index (κ2) is 5.33. The predicted octanol–water partition coefficient (Wildman–Crippen LogP) is 4.14. The highest BCUT2D eigenvalue weighted by Crippen LogP contribution is 2.20. The SMILES string of the molecule is Clc1ccc2oc(CCNc3ccccc3)nc2c1. The summed E-state index contributed by atoms with van der Waals surface area (Å²) in [6, 6.07) is 15.5. The van der Waals surface area contributed by atoms with E-state index in [1.807, 2.05) is 42.5 Å². The highest BCUT2D eigenvalue weighted by Gasteiger charge is 2.05. The summed E-state index contributed by atoms with van der Waals surface area (Å²) in [6.45, 7) is 0.782. The van der Waals surface area contributed by atoms with Crippen LogP contribution in [0.2, 0.25) is 5.02 Å². The lowest BCUT2D eigenvalue weighted by Gasteiger charge is -2.03. The van der Waals surface area contributed by atoms with Crippen LogP contribution in [0.15, 0.2) is 52.9 Å². The second-order valence-corrected chi connectivity index (χ2v) is 4.70. The summed E-state index contributed by atoms with van der Waals surface area (Å²) in [5.41, 5.74) is 2.68. The van der Waals surface area contributed by atoms with Crippen molar-refractivity contribution < 1.29 is 4.42 Å². The minimum Gasteiger partial charge on any atom is -0.441 e. The Hall–Kier alpha value is -2.00. The van der Waals surface area contributed by atoms with Crippen molar-refractivity contribution >= 4 is 28.4 Å². The fourth-order valence-electron chi connectivity index (χ4n) is 1.93. The van der Waals surface area contributed by atoms with Crippen LogP contribution in [-0.4, -0.2) is 11.5 Å². The average Bonchev–Trinajstić information content (AvgIpc) is 2.82. The molecule has 2 aromatic carbocycles. The molecule has 0 aliphatic carbocycles. The Morgan fingerprint density at radius 1 is 1.11 bits per heavy atom. The van der Waals surface area contributed by atoms with Crippen LogP contribution >= 0.6 is 11.6 Å². The molecule has 1 heterocycles. The summed E-state index contributed by atoms with van der Waals surface area (Å²) in [5.74, 6) is 0.723. The fraction of sp³-hybridized carbons (Fsp3) is 0.133. The lowest BCUT2D eigenvalue weighted by molar-refractivity contribution is 0.534. The highest BCUT2D eigenvalue weighted by molar-refractivity contribution is 6.31. The van der Waals surface area contributed by atoms with Crippen molar-refractivity contribution in [2.24, 2.45) is 0 Å². The minimum absolute atomic E-state index is 0.676. The van der Waals surface area contributed by atoms with E-state index in [0.717, 1.165) is 35.6 Å². The molecule has 0 aliphatic heterocycles. The molecule has 19 heavy (non-hydrogen) atoms. The Kier molecular flexibility index (Phi) is 3.38. The Labute approximate surface area is 116 Å². The molecule has 0 aliphatic rings. The third kappa shape index (κ3) is 2.88. The number of aromatic nitrogens is 1. The number of oxazole rings is 1. The van der Waals surface area contributed by atoms with Crippen molar-refractivity contribution in [3.05, 3.63) is 59.4 Å². The van der Waals surface area contributed by atoms with E-state index in [0.29, 0.717) is 5.02 Å². The lowest BCUT2D eigenvalue weighted by atomic mass is 10.3. The number of fused-ring (bicyclic) bond motifs is 1. The molecule has 0 unspecified atom stereocenters. The van der Waals surface area contributed by atoms with Crippen molar-refractivity contribution in [2.45, 2.75) is 6.42 Å². The molecule has 3 rings (SSSR count). The highest BCUT2D eigenvalue weighted by atomic mass is 35.5. The molecule has 1 N–H and O–H groups in total. The summed E-state index contributed by atoms with van der Waals surface area (Å²) >= 11 is 5.92. The zero-order chi connectivity index (χ0) is 13.1. The minimum atomic E-state index is 0.676. The van der Waals surface area contributed by atoms with Crippen LogP contribution in [0, 0.1) is 0 Å². The largest absolute Gasteiger partial charge is 0.441 e. The van der Waals surface area contributed by atoms with Crippen molar-refractivity contribution in [2.75, 3.05) is 11.9 Å². The molecule has 0 spiro atoms. The van der Waals surface area contributed by atoms with E-state index in [4.69, 9.17) is 16.0 Å². The van der Waals surface area contributed by atoms with Crippen LogP contribution in [0.4, 0.5) is 5.69 Å². The van der Waals surface area contributed by atoms with Gasteiger partial charge in [-0.05, 0) is 30.3 Å². The van der Waals surface area contributed by atoms with Gasteiger partial charge in [0, 0.05) is 23.7 Å². The molecule has 0 fully saturated rings. The van der Waals surface area contributed by atoms with E-state index < -0.39 is 0 Å². The van der Waals surface area contributed by atoms with Gasteiger partial charge in [0.15, 0.2) is 11.5 Å². The molecule has 0 radical (unpaired) electrons. The molecule has 0 amide bonds. The zero-order valence-corrected chi connectivity index (χ0v) is 11.0. The van der Waals surface area contributed by atoms with E-state index in [1.54, 1.807) is 6.07 Å². The maximum Gasteiger partial charge on any atom is 0.197 e. The summed E-state index contributed by atoms with van der Waals surface area (Å²) in [6.07, 6.45) is 0.737. The Morgan fingerprint density at radius 3 is 2.79 bits per heavy atom. The van der Waals surface area contributed by atoms with Gasteiger partial charge in [-0.15, -0.1) is 0 Å². The third-order valence-corrected chi connectivity index (χ3v) is 3.07. The van der Waals surface area contributed by atoms with Crippen molar-refractivity contribution in [1.82, 2.24) is 4.98 Å². The van der Waals surface area contributed by atoms with Gasteiger partial charge in [0.05, 0.1) is 0 Å². The van der Waals surface area contributed by atoms with Crippen molar-refractivity contribution in [1.29, 1.82) is 0 Å². The monoisotopic (exact) mass is 272 g/mol. The van der Waals surface area contributed by atoms with E-state index >= 15 is 0 Å². The van der Waals surface area contributed by atoms with Gasteiger partial charge < -0.3 is 9.73 Å². The molecule has 3 nitrogen and oxygen atoms in total. The van der Waals surface area contributed by atoms with Crippen LogP contribution in [0.5, 0.6) is 0 Å². The van der Waals surface area contributed by atoms with Gasteiger partial charge >= 0.3 is 0 Å². The number of para-hydroxylation sites is 1. The van der Waals surface area contributed by atoms with Crippen LogP contribution in [0.25, 0.3) is 11.1 Å². The number of nitrogens with one attached hydrogen (secondary N) is 1. The molecular weight excluding hydrogens is 260 g/mol. The first-order valence-corrected chi connectivity index (χ1v) is 6.53. The first-order chi connectivity index (χ1) is 9.31.